The lowest BCUT2D eigenvalue weighted by Crippen LogP contribution is -2.45. The van der Waals surface area contributed by atoms with Crippen LogP contribution in [0.4, 0.5) is 0 Å². The average molecular weight is 266 g/mol. The molecule has 2 heteroatoms. The fraction of sp³-hybridized carbons (Fsp3) is 1.00. The molecule has 1 aliphatic carbocycles. The molecule has 0 aromatic rings. The zero-order chi connectivity index (χ0) is 13.7. The van der Waals surface area contributed by atoms with Gasteiger partial charge in [0.25, 0.3) is 0 Å². The van der Waals surface area contributed by atoms with Crippen molar-refractivity contribution in [3.05, 3.63) is 0 Å². The van der Waals surface area contributed by atoms with Crippen LogP contribution in [-0.4, -0.2) is 36.6 Å². The first-order valence-electron chi connectivity index (χ1n) is 8.64. The maximum atomic E-state index is 3.76. The quantitative estimate of drug-likeness (QED) is 0.835. The summed E-state index contributed by atoms with van der Waals surface area (Å²) >= 11 is 0. The van der Waals surface area contributed by atoms with E-state index >= 15 is 0 Å². The van der Waals surface area contributed by atoms with Gasteiger partial charge in [0.05, 0.1) is 0 Å². The minimum atomic E-state index is 0.716. The van der Waals surface area contributed by atoms with E-state index in [1.54, 1.807) is 0 Å². The summed E-state index contributed by atoms with van der Waals surface area (Å²) in [4.78, 5) is 2.79. The highest BCUT2D eigenvalue weighted by Gasteiger charge is 2.28. The lowest BCUT2D eigenvalue weighted by molar-refractivity contribution is 0.124. The van der Waals surface area contributed by atoms with E-state index in [1.807, 2.05) is 0 Å². The van der Waals surface area contributed by atoms with Gasteiger partial charge in [0.1, 0.15) is 0 Å². The largest absolute Gasteiger partial charge is 0.313 e. The Morgan fingerprint density at radius 3 is 2.47 bits per heavy atom. The van der Waals surface area contributed by atoms with Crippen LogP contribution in [0, 0.1) is 11.8 Å². The second-order valence-corrected chi connectivity index (χ2v) is 7.27. The second kappa shape index (κ2) is 7.64. The topological polar surface area (TPSA) is 15.3 Å². The second-order valence-electron chi connectivity index (χ2n) is 7.27. The Labute approximate surface area is 120 Å². The van der Waals surface area contributed by atoms with Crippen LogP contribution in [-0.2, 0) is 0 Å². The number of rotatable bonds is 4. The van der Waals surface area contributed by atoms with Gasteiger partial charge in [-0.05, 0) is 57.5 Å². The molecule has 2 unspecified atom stereocenters. The summed E-state index contributed by atoms with van der Waals surface area (Å²) in [6.45, 7) is 11.0. The first-order valence-corrected chi connectivity index (χ1v) is 8.64. The maximum Gasteiger partial charge on any atom is 0.0197 e. The van der Waals surface area contributed by atoms with E-state index in [2.05, 4.69) is 31.0 Å². The van der Waals surface area contributed by atoms with Crippen molar-refractivity contribution in [3.8, 4) is 0 Å². The Morgan fingerprint density at radius 2 is 1.79 bits per heavy atom. The Balaban J connectivity index is 1.89. The van der Waals surface area contributed by atoms with Gasteiger partial charge in [0, 0.05) is 18.6 Å². The molecule has 0 spiro atoms. The van der Waals surface area contributed by atoms with Gasteiger partial charge < -0.3 is 5.32 Å². The lowest BCUT2D eigenvalue weighted by Gasteiger charge is -2.37. The Hall–Kier alpha value is -0.0800. The SMILES string of the molecule is CC(C)CC1CN(C(C)C2CCCCC2)CCCN1. The number of hydrogen-bond acceptors (Lipinski definition) is 2. The first kappa shape index (κ1) is 15.3. The van der Waals surface area contributed by atoms with Gasteiger partial charge in [0.15, 0.2) is 0 Å². The zero-order valence-corrected chi connectivity index (χ0v) is 13.3. The fourth-order valence-corrected chi connectivity index (χ4v) is 4.04. The van der Waals surface area contributed by atoms with Crippen molar-refractivity contribution < 1.29 is 0 Å². The van der Waals surface area contributed by atoms with Crippen LogP contribution in [0.3, 0.4) is 0 Å². The molecule has 0 aromatic heterocycles. The van der Waals surface area contributed by atoms with E-state index in [1.165, 1.54) is 64.6 Å². The van der Waals surface area contributed by atoms with E-state index in [-0.39, 0.29) is 0 Å². The molecule has 112 valence electrons. The highest BCUT2D eigenvalue weighted by Crippen LogP contribution is 2.29. The molecule has 0 radical (unpaired) electrons. The van der Waals surface area contributed by atoms with Crippen LogP contribution in [0.1, 0.15) is 65.7 Å². The van der Waals surface area contributed by atoms with Gasteiger partial charge in [-0.15, -0.1) is 0 Å². The molecule has 2 nitrogen and oxygen atoms in total. The van der Waals surface area contributed by atoms with Crippen LogP contribution in [0.15, 0.2) is 0 Å². The summed E-state index contributed by atoms with van der Waals surface area (Å²) in [5.41, 5.74) is 0. The molecule has 1 saturated carbocycles. The van der Waals surface area contributed by atoms with Crippen molar-refractivity contribution in [3.63, 3.8) is 0 Å². The lowest BCUT2D eigenvalue weighted by atomic mass is 9.83. The Kier molecular flexibility index (Phi) is 6.15. The van der Waals surface area contributed by atoms with Gasteiger partial charge in [0.2, 0.25) is 0 Å². The molecular weight excluding hydrogens is 232 g/mol. The minimum absolute atomic E-state index is 0.716. The molecule has 2 aliphatic rings. The molecule has 0 aromatic carbocycles. The third kappa shape index (κ3) is 4.75. The van der Waals surface area contributed by atoms with E-state index in [0.29, 0.717) is 6.04 Å². The molecule has 2 atom stereocenters. The normalized spacial score (nSPS) is 29.4. The van der Waals surface area contributed by atoms with Gasteiger partial charge in [-0.2, -0.15) is 0 Å². The summed E-state index contributed by atoms with van der Waals surface area (Å²) in [6.07, 6.45) is 10.0. The third-order valence-corrected chi connectivity index (χ3v) is 5.17. The third-order valence-electron chi connectivity index (χ3n) is 5.17. The number of hydrogen-bond donors (Lipinski definition) is 1. The Bertz CT molecular complexity index is 246. The van der Waals surface area contributed by atoms with E-state index in [4.69, 9.17) is 0 Å². The maximum absolute atomic E-state index is 3.76. The van der Waals surface area contributed by atoms with E-state index in [0.717, 1.165) is 17.9 Å². The smallest absolute Gasteiger partial charge is 0.0197 e. The van der Waals surface area contributed by atoms with Crippen molar-refractivity contribution in [1.82, 2.24) is 10.2 Å². The highest BCUT2D eigenvalue weighted by molar-refractivity contribution is 4.84. The molecule has 0 bridgehead atoms. The predicted octanol–water partition coefficient (Wildman–Crippen LogP) is 3.67. The monoisotopic (exact) mass is 266 g/mol. The highest BCUT2D eigenvalue weighted by atomic mass is 15.2. The van der Waals surface area contributed by atoms with Crippen LogP contribution in [0.25, 0.3) is 0 Å². The van der Waals surface area contributed by atoms with Gasteiger partial charge in [-0.25, -0.2) is 0 Å². The van der Waals surface area contributed by atoms with Crippen molar-refractivity contribution in [2.45, 2.75) is 77.8 Å². The van der Waals surface area contributed by atoms with E-state index < -0.39 is 0 Å². The molecule has 1 saturated heterocycles. The Morgan fingerprint density at radius 1 is 1.05 bits per heavy atom. The molecule has 0 amide bonds. The average Bonchev–Trinajstić information content (AvgIpc) is 2.64. The molecule has 2 rings (SSSR count). The molecule has 1 N–H and O–H groups in total. The standard InChI is InChI=1S/C17H34N2/c1-14(2)12-17-13-19(11-7-10-18-17)15(3)16-8-5-4-6-9-16/h14-18H,4-13H2,1-3H3. The van der Waals surface area contributed by atoms with Crippen LogP contribution < -0.4 is 5.32 Å². The predicted molar refractivity (Wildman–Crippen MR) is 83.5 cm³/mol. The van der Waals surface area contributed by atoms with Crippen molar-refractivity contribution in [2.24, 2.45) is 11.8 Å². The van der Waals surface area contributed by atoms with Crippen molar-refractivity contribution in [1.29, 1.82) is 0 Å². The van der Waals surface area contributed by atoms with Gasteiger partial charge >= 0.3 is 0 Å². The zero-order valence-electron chi connectivity index (χ0n) is 13.3. The van der Waals surface area contributed by atoms with Crippen molar-refractivity contribution in [2.75, 3.05) is 19.6 Å². The fourth-order valence-electron chi connectivity index (χ4n) is 4.04. The van der Waals surface area contributed by atoms with Gasteiger partial charge in [-0.1, -0.05) is 33.1 Å². The number of nitrogens with zero attached hydrogens (tertiary/aromatic N) is 1. The van der Waals surface area contributed by atoms with Gasteiger partial charge in [-0.3, -0.25) is 4.90 Å². The minimum Gasteiger partial charge on any atom is -0.313 e. The van der Waals surface area contributed by atoms with Crippen LogP contribution >= 0.6 is 0 Å². The molecular formula is C17H34N2. The van der Waals surface area contributed by atoms with Crippen LogP contribution in [0.5, 0.6) is 0 Å². The molecule has 1 aliphatic heterocycles. The molecule has 2 fully saturated rings. The molecule has 1 heterocycles. The summed E-state index contributed by atoms with van der Waals surface area (Å²) < 4.78 is 0. The first-order chi connectivity index (χ1) is 9.16. The summed E-state index contributed by atoms with van der Waals surface area (Å²) in [5, 5.41) is 3.76. The van der Waals surface area contributed by atoms with Crippen LogP contribution in [0.2, 0.25) is 0 Å². The summed E-state index contributed by atoms with van der Waals surface area (Å²) in [6, 6.07) is 1.52. The van der Waals surface area contributed by atoms with Crippen molar-refractivity contribution >= 4 is 0 Å². The summed E-state index contributed by atoms with van der Waals surface area (Å²) in [7, 11) is 0. The summed E-state index contributed by atoms with van der Waals surface area (Å²) in [5.74, 6) is 1.77. The number of nitrogens with one attached hydrogen (secondary N) is 1. The molecule has 19 heavy (non-hydrogen) atoms. The van der Waals surface area contributed by atoms with E-state index in [9.17, 15) is 0 Å².